The van der Waals surface area contributed by atoms with Gasteiger partial charge in [-0.15, -0.1) is 0 Å². The fourth-order valence-electron chi connectivity index (χ4n) is 3.83. The van der Waals surface area contributed by atoms with Crippen molar-refractivity contribution in [2.75, 3.05) is 11.4 Å². The van der Waals surface area contributed by atoms with Gasteiger partial charge in [-0.05, 0) is 42.2 Å². The second-order valence-electron chi connectivity index (χ2n) is 7.27. The third-order valence-corrected chi connectivity index (χ3v) is 5.30. The van der Waals surface area contributed by atoms with Gasteiger partial charge in [0.1, 0.15) is 6.04 Å². The molecule has 0 aromatic heterocycles. The van der Waals surface area contributed by atoms with Crippen LogP contribution < -0.4 is 10.2 Å². The standard InChI is InChI=1S/C25H24N2O2/c28-24(26-17-9-12-19-10-3-1-4-11-19)23-18-21-15-7-8-16-22(21)27(23)25(29)20-13-5-2-6-14-20/h1-8,10-11,13-16,23H,9,12,17-18H2,(H,26,28)/t23-/m1/s1. The molecule has 0 saturated carbocycles. The summed E-state index contributed by atoms with van der Waals surface area (Å²) in [7, 11) is 0. The van der Waals surface area contributed by atoms with Crippen LogP contribution in [0.25, 0.3) is 0 Å². The number of fused-ring (bicyclic) bond motifs is 1. The maximum atomic E-state index is 13.2. The van der Waals surface area contributed by atoms with Gasteiger partial charge in [-0.3, -0.25) is 14.5 Å². The van der Waals surface area contributed by atoms with Gasteiger partial charge in [-0.1, -0.05) is 66.7 Å². The van der Waals surface area contributed by atoms with Crippen molar-refractivity contribution in [1.82, 2.24) is 5.32 Å². The summed E-state index contributed by atoms with van der Waals surface area (Å²) in [6.07, 6.45) is 2.32. The Morgan fingerprint density at radius 3 is 2.28 bits per heavy atom. The Hall–Kier alpha value is -3.40. The van der Waals surface area contributed by atoms with Crippen LogP contribution in [0, 0.1) is 0 Å². The maximum absolute atomic E-state index is 13.2. The number of rotatable bonds is 6. The van der Waals surface area contributed by atoms with Gasteiger partial charge in [0.15, 0.2) is 0 Å². The smallest absolute Gasteiger partial charge is 0.259 e. The van der Waals surface area contributed by atoms with E-state index in [2.05, 4.69) is 17.4 Å². The Labute approximate surface area is 171 Å². The average Bonchev–Trinajstić information content (AvgIpc) is 3.17. The minimum absolute atomic E-state index is 0.0986. The lowest BCUT2D eigenvalue weighted by Crippen LogP contribution is -2.48. The Morgan fingerprint density at radius 1 is 0.862 bits per heavy atom. The highest BCUT2D eigenvalue weighted by molar-refractivity contribution is 6.11. The molecule has 4 nitrogen and oxygen atoms in total. The molecule has 3 aromatic carbocycles. The van der Waals surface area contributed by atoms with Gasteiger partial charge < -0.3 is 5.32 Å². The zero-order chi connectivity index (χ0) is 20.1. The van der Waals surface area contributed by atoms with Crippen molar-refractivity contribution in [3.63, 3.8) is 0 Å². The maximum Gasteiger partial charge on any atom is 0.259 e. The molecule has 1 aliphatic rings. The molecule has 1 heterocycles. The van der Waals surface area contributed by atoms with Gasteiger partial charge in [0, 0.05) is 24.2 Å². The molecule has 4 rings (SSSR count). The Kier molecular flexibility index (Phi) is 5.71. The Bertz CT molecular complexity index is 986. The lowest BCUT2D eigenvalue weighted by molar-refractivity contribution is -0.122. The highest BCUT2D eigenvalue weighted by Crippen LogP contribution is 2.33. The minimum atomic E-state index is -0.517. The summed E-state index contributed by atoms with van der Waals surface area (Å²) in [6, 6.07) is 26.6. The first-order valence-electron chi connectivity index (χ1n) is 10.0. The second kappa shape index (κ2) is 8.74. The summed E-state index contributed by atoms with van der Waals surface area (Å²) >= 11 is 0. The normalized spacial score (nSPS) is 15.0. The van der Waals surface area contributed by atoms with Crippen LogP contribution in [0.15, 0.2) is 84.9 Å². The molecule has 0 bridgehead atoms. The van der Waals surface area contributed by atoms with Crippen LogP contribution in [0.3, 0.4) is 0 Å². The monoisotopic (exact) mass is 384 g/mol. The van der Waals surface area contributed by atoms with Crippen LogP contribution in [0.5, 0.6) is 0 Å². The van der Waals surface area contributed by atoms with E-state index in [9.17, 15) is 9.59 Å². The van der Waals surface area contributed by atoms with Gasteiger partial charge in [-0.2, -0.15) is 0 Å². The number of aryl methyl sites for hydroxylation is 1. The predicted molar refractivity (Wildman–Crippen MR) is 115 cm³/mol. The zero-order valence-corrected chi connectivity index (χ0v) is 16.3. The molecule has 0 saturated heterocycles. The first-order valence-corrected chi connectivity index (χ1v) is 10.0. The number of anilines is 1. The molecular formula is C25H24N2O2. The van der Waals surface area contributed by atoms with Crippen molar-refractivity contribution in [3.05, 3.63) is 102 Å². The van der Waals surface area contributed by atoms with E-state index in [0.717, 1.165) is 24.1 Å². The molecule has 2 amide bonds. The Balaban J connectivity index is 1.45. The number of hydrogen-bond acceptors (Lipinski definition) is 2. The quantitative estimate of drug-likeness (QED) is 0.653. The third-order valence-electron chi connectivity index (χ3n) is 5.30. The molecule has 1 N–H and O–H groups in total. The molecule has 4 heteroatoms. The molecular weight excluding hydrogens is 360 g/mol. The molecule has 0 unspecified atom stereocenters. The van der Waals surface area contributed by atoms with Gasteiger partial charge in [-0.25, -0.2) is 0 Å². The van der Waals surface area contributed by atoms with E-state index in [1.807, 2.05) is 60.7 Å². The second-order valence-corrected chi connectivity index (χ2v) is 7.27. The summed E-state index contributed by atoms with van der Waals surface area (Å²) in [5.74, 6) is -0.237. The van der Waals surface area contributed by atoms with E-state index in [-0.39, 0.29) is 11.8 Å². The summed E-state index contributed by atoms with van der Waals surface area (Å²) < 4.78 is 0. The number of hydrogen-bond donors (Lipinski definition) is 1. The van der Waals surface area contributed by atoms with Crippen molar-refractivity contribution >= 4 is 17.5 Å². The van der Waals surface area contributed by atoms with Gasteiger partial charge in [0.2, 0.25) is 5.91 Å². The van der Waals surface area contributed by atoms with E-state index < -0.39 is 6.04 Å². The summed E-state index contributed by atoms with van der Waals surface area (Å²) in [4.78, 5) is 27.8. The number of nitrogens with zero attached hydrogens (tertiary/aromatic N) is 1. The first kappa shape index (κ1) is 18.9. The average molecular weight is 384 g/mol. The van der Waals surface area contributed by atoms with Crippen molar-refractivity contribution < 1.29 is 9.59 Å². The van der Waals surface area contributed by atoms with Crippen LogP contribution >= 0.6 is 0 Å². The lowest BCUT2D eigenvalue weighted by Gasteiger charge is -2.25. The number of nitrogens with one attached hydrogen (secondary N) is 1. The van der Waals surface area contributed by atoms with E-state index in [1.165, 1.54) is 5.56 Å². The molecule has 0 fully saturated rings. The Morgan fingerprint density at radius 2 is 1.52 bits per heavy atom. The summed E-state index contributed by atoms with van der Waals surface area (Å²) in [5, 5.41) is 3.03. The SMILES string of the molecule is O=C(NCCCc1ccccc1)[C@H]1Cc2ccccc2N1C(=O)c1ccccc1. The van der Waals surface area contributed by atoms with Gasteiger partial charge in [0.25, 0.3) is 5.91 Å². The van der Waals surface area contributed by atoms with Gasteiger partial charge >= 0.3 is 0 Å². The molecule has 3 aromatic rings. The molecule has 1 atom stereocenters. The van der Waals surface area contributed by atoms with E-state index in [1.54, 1.807) is 17.0 Å². The minimum Gasteiger partial charge on any atom is -0.354 e. The molecule has 0 aliphatic carbocycles. The van der Waals surface area contributed by atoms with E-state index in [4.69, 9.17) is 0 Å². The van der Waals surface area contributed by atoms with Crippen LogP contribution in [-0.2, 0) is 17.6 Å². The van der Waals surface area contributed by atoms with Crippen LogP contribution in [-0.4, -0.2) is 24.4 Å². The third kappa shape index (κ3) is 4.21. The highest BCUT2D eigenvalue weighted by Gasteiger charge is 2.38. The molecule has 29 heavy (non-hydrogen) atoms. The fourth-order valence-corrected chi connectivity index (χ4v) is 3.83. The number of para-hydroxylation sites is 1. The van der Waals surface area contributed by atoms with Crippen molar-refractivity contribution in [2.45, 2.75) is 25.3 Å². The van der Waals surface area contributed by atoms with Crippen LogP contribution in [0.1, 0.15) is 27.9 Å². The van der Waals surface area contributed by atoms with Crippen molar-refractivity contribution in [3.8, 4) is 0 Å². The molecule has 0 radical (unpaired) electrons. The lowest BCUT2D eigenvalue weighted by atomic mass is 10.1. The molecule has 146 valence electrons. The van der Waals surface area contributed by atoms with Crippen LogP contribution in [0.2, 0.25) is 0 Å². The largest absolute Gasteiger partial charge is 0.354 e. The van der Waals surface area contributed by atoms with E-state index in [0.29, 0.717) is 18.5 Å². The number of carbonyl (C=O) groups is 2. The van der Waals surface area contributed by atoms with E-state index >= 15 is 0 Å². The molecule has 0 spiro atoms. The predicted octanol–water partition coefficient (Wildman–Crippen LogP) is 4.01. The van der Waals surface area contributed by atoms with Gasteiger partial charge in [0.05, 0.1) is 0 Å². The zero-order valence-electron chi connectivity index (χ0n) is 16.3. The number of benzene rings is 3. The number of carbonyl (C=O) groups excluding carboxylic acids is 2. The van der Waals surface area contributed by atoms with Crippen LogP contribution in [0.4, 0.5) is 5.69 Å². The van der Waals surface area contributed by atoms with Crippen molar-refractivity contribution in [2.24, 2.45) is 0 Å². The number of amides is 2. The molecule has 1 aliphatic heterocycles. The first-order chi connectivity index (χ1) is 14.2. The topological polar surface area (TPSA) is 49.4 Å². The van der Waals surface area contributed by atoms with Crippen molar-refractivity contribution in [1.29, 1.82) is 0 Å². The summed E-state index contributed by atoms with van der Waals surface area (Å²) in [5.41, 5.74) is 3.70. The summed E-state index contributed by atoms with van der Waals surface area (Å²) in [6.45, 7) is 0.591. The fraction of sp³-hybridized carbons (Fsp3) is 0.200. The highest BCUT2D eigenvalue weighted by atomic mass is 16.2.